The molecule has 5 rings (SSSR count). The normalized spacial score (nSPS) is 25.5. The van der Waals surface area contributed by atoms with E-state index < -0.39 is 68.0 Å². The standard InChI is InChI=1S/C35H58N6O7S/c1-23(49(47,48)40(3)4)35(19-9-6-10-20-35)39-33(46)38-29(34(2)17-7-5-8-18-34)32(45)41-21-11-12-27(41)30(43)37-26(22-24-13-14-24)28(42)31(44)36-25-15-16-25/h23-27,29H,5-22H2,1-4H3,(H,36,44)(H,37,43)(H2,38,39,46)/t23-,26-,27-,29+/m0/s1. The summed E-state index contributed by atoms with van der Waals surface area (Å²) in [5.41, 5.74) is -1.56. The van der Waals surface area contributed by atoms with Crippen LogP contribution in [0.1, 0.15) is 123 Å². The highest BCUT2D eigenvalue weighted by Gasteiger charge is 2.49. The predicted octanol–water partition coefficient (Wildman–Crippen LogP) is 2.73. The average Bonchev–Trinajstić information content (AvgIpc) is 4.01. The van der Waals surface area contributed by atoms with Gasteiger partial charge >= 0.3 is 6.03 Å². The summed E-state index contributed by atoms with van der Waals surface area (Å²) >= 11 is 0. The second-order valence-corrected chi connectivity index (χ2v) is 18.4. The molecule has 276 valence electrons. The number of hydrogen-bond acceptors (Lipinski definition) is 7. The minimum absolute atomic E-state index is 0.0213. The molecular formula is C35H58N6O7S. The van der Waals surface area contributed by atoms with Crippen molar-refractivity contribution in [1.29, 1.82) is 0 Å². The van der Waals surface area contributed by atoms with Gasteiger partial charge in [0.25, 0.3) is 5.91 Å². The van der Waals surface area contributed by atoms with Crippen molar-refractivity contribution < 1.29 is 32.4 Å². The first-order valence-electron chi connectivity index (χ1n) is 18.6. The Morgan fingerprint density at radius 1 is 0.837 bits per heavy atom. The van der Waals surface area contributed by atoms with Crippen LogP contribution >= 0.6 is 0 Å². The van der Waals surface area contributed by atoms with Crippen LogP contribution in [0.25, 0.3) is 0 Å². The summed E-state index contributed by atoms with van der Waals surface area (Å²) in [5.74, 6) is -1.83. The maximum absolute atomic E-state index is 14.6. The number of Topliss-reactive ketones (excluding diaryl/α,β-unsaturated/α-hetero) is 1. The molecule has 0 bridgehead atoms. The molecule has 0 aromatic carbocycles. The van der Waals surface area contributed by atoms with E-state index >= 15 is 0 Å². The maximum Gasteiger partial charge on any atom is 0.315 e. The lowest BCUT2D eigenvalue weighted by Crippen LogP contribution is -2.66. The van der Waals surface area contributed by atoms with Crippen molar-refractivity contribution >= 4 is 39.6 Å². The molecule has 1 aliphatic heterocycles. The molecule has 4 atom stereocenters. The minimum Gasteiger partial charge on any atom is -0.347 e. The maximum atomic E-state index is 14.6. The smallest absolute Gasteiger partial charge is 0.315 e. The Bertz CT molecular complexity index is 1370. The van der Waals surface area contributed by atoms with Crippen LogP contribution in [0.2, 0.25) is 0 Å². The highest BCUT2D eigenvalue weighted by molar-refractivity contribution is 7.89. The number of likely N-dealkylation sites (tertiary alicyclic amines) is 1. The van der Waals surface area contributed by atoms with Gasteiger partial charge in [-0.1, -0.05) is 58.3 Å². The number of nitrogens with one attached hydrogen (secondary N) is 4. The molecule has 4 saturated carbocycles. The molecule has 0 unspecified atom stereocenters. The summed E-state index contributed by atoms with van der Waals surface area (Å²) in [6, 6.07) is -3.27. The molecule has 49 heavy (non-hydrogen) atoms. The fraction of sp³-hybridized carbons (Fsp3) is 0.857. The zero-order valence-electron chi connectivity index (χ0n) is 29.9. The third kappa shape index (κ3) is 8.77. The number of sulfonamides is 1. The fourth-order valence-electron chi connectivity index (χ4n) is 8.29. The molecule has 1 heterocycles. The topological polar surface area (TPSA) is 174 Å². The summed E-state index contributed by atoms with van der Waals surface area (Å²) in [6.07, 6.45) is 12.8. The molecule has 5 fully saturated rings. The molecule has 4 N–H and O–H groups in total. The molecule has 13 nitrogen and oxygen atoms in total. The van der Waals surface area contributed by atoms with Gasteiger partial charge in [-0.25, -0.2) is 17.5 Å². The molecule has 5 amide bonds. The van der Waals surface area contributed by atoms with Crippen molar-refractivity contribution in [2.24, 2.45) is 11.3 Å². The molecule has 14 heteroatoms. The Hall–Kier alpha value is -2.74. The third-order valence-corrected chi connectivity index (χ3v) is 14.3. The van der Waals surface area contributed by atoms with E-state index in [0.29, 0.717) is 38.6 Å². The van der Waals surface area contributed by atoms with E-state index in [-0.39, 0.29) is 17.9 Å². The number of amides is 5. The zero-order valence-corrected chi connectivity index (χ0v) is 30.7. The lowest BCUT2D eigenvalue weighted by Gasteiger charge is -2.45. The van der Waals surface area contributed by atoms with E-state index in [1.807, 2.05) is 6.92 Å². The molecule has 0 aromatic rings. The van der Waals surface area contributed by atoms with Crippen LogP contribution < -0.4 is 21.3 Å². The average molecular weight is 707 g/mol. The van der Waals surface area contributed by atoms with Crippen LogP contribution in [0, 0.1) is 11.3 Å². The van der Waals surface area contributed by atoms with E-state index in [1.54, 1.807) is 11.8 Å². The van der Waals surface area contributed by atoms with Crippen molar-refractivity contribution in [2.75, 3.05) is 20.6 Å². The van der Waals surface area contributed by atoms with Gasteiger partial charge in [0.1, 0.15) is 12.1 Å². The van der Waals surface area contributed by atoms with Gasteiger partial charge in [0.15, 0.2) is 0 Å². The number of ketones is 1. The minimum atomic E-state index is -3.69. The van der Waals surface area contributed by atoms with Crippen LogP contribution in [0.5, 0.6) is 0 Å². The molecule has 0 aromatic heterocycles. The Kier molecular flexibility index (Phi) is 11.7. The van der Waals surface area contributed by atoms with Crippen LogP contribution in [0.4, 0.5) is 4.79 Å². The van der Waals surface area contributed by atoms with Crippen molar-refractivity contribution in [3.63, 3.8) is 0 Å². The van der Waals surface area contributed by atoms with Crippen LogP contribution in [-0.2, 0) is 29.2 Å². The Balaban J connectivity index is 1.33. The van der Waals surface area contributed by atoms with Crippen LogP contribution in [0.15, 0.2) is 0 Å². The van der Waals surface area contributed by atoms with Gasteiger partial charge in [0, 0.05) is 26.7 Å². The fourth-order valence-corrected chi connectivity index (χ4v) is 9.79. The Morgan fingerprint density at radius 3 is 2.02 bits per heavy atom. The Morgan fingerprint density at radius 2 is 1.45 bits per heavy atom. The molecule has 1 saturated heterocycles. The second kappa shape index (κ2) is 15.2. The van der Waals surface area contributed by atoms with Gasteiger partial charge in [-0.15, -0.1) is 0 Å². The second-order valence-electron chi connectivity index (χ2n) is 16.0. The monoisotopic (exact) mass is 706 g/mol. The highest BCUT2D eigenvalue weighted by atomic mass is 32.2. The lowest BCUT2D eigenvalue weighted by atomic mass is 9.70. The number of carbonyl (C=O) groups excluding carboxylic acids is 5. The summed E-state index contributed by atoms with van der Waals surface area (Å²) in [6.45, 7) is 3.99. The van der Waals surface area contributed by atoms with E-state index in [0.717, 1.165) is 77.0 Å². The van der Waals surface area contributed by atoms with E-state index in [9.17, 15) is 32.4 Å². The molecule has 5 aliphatic rings. The van der Waals surface area contributed by atoms with Crippen molar-refractivity contribution in [3.05, 3.63) is 0 Å². The first-order valence-corrected chi connectivity index (χ1v) is 20.1. The summed E-state index contributed by atoms with van der Waals surface area (Å²) in [5, 5.41) is 10.8. The largest absolute Gasteiger partial charge is 0.347 e. The molecule has 4 aliphatic carbocycles. The number of urea groups is 1. The Labute approximate surface area is 291 Å². The van der Waals surface area contributed by atoms with Crippen LogP contribution in [-0.4, -0.2) is 103 Å². The van der Waals surface area contributed by atoms with Gasteiger partial charge in [-0.2, -0.15) is 0 Å². The van der Waals surface area contributed by atoms with Crippen molar-refractivity contribution in [1.82, 2.24) is 30.5 Å². The number of rotatable bonds is 14. The first kappa shape index (κ1) is 37.5. The number of nitrogens with zero attached hydrogens (tertiary/aromatic N) is 2. The summed E-state index contributed by atoms with van der Waals surface area (Å²) < 4.78 is 27.8. The third-order valence-electron chi connectivity index (χ3n) is 11.9. The van der Waals surface area contributed by atoms with E-state index in [4.69, 9.17) is 0 Å². The summed E-state index contributed by atoms with van der Waals surface area (Å²) in [7, 11) is -0.701. The first-order chi connectivity index (χ1) is 23.2. The van der Waals surface area contributed by atoms with Crippen LogP contribution in [0.3, 0.4) is 0 Å². The van der Waals surface area contributed by atoms with Crippen molar-refractivity contribution in [3.8, 4) is 0 Å². The lowest BCUT2D eigenvalue weighted by molar-refractivity contribution is -0.144. The van der Waals surface area contributed by atoms with Gasteiger partial charge in [0.2, 0.25) is 27.6 Å². The van der Waals surface area contributed by atoms with E-state index in [2.05, 4.69) is 21.3 Å². The quantitative estimate of drug-likeness (QED) is 0.201. The zero-order chi connectivity index (χ0) is 35.6. The molecular weight excluding hydrogens is 648 g/mol. The van der Waals surface area contributed by atoms with Gasteiger partial charge in [0.05, 0.1) is 16.8 Å². The number of carbonyl (C=O) groups is 5. The van der Waals surface area contributed by atoms with Gasteiger partial charge < -0.3 is 26.2 Å². The molecule has 0 spiro atoms. The summed E-state index contributed by atoms with van der Waals surface area (Å²) in [4.78, 5) is 69.7. The molecule has 0 radical (unpaired) electrons. The van der Waals surface area contributed by atoms with Crippen molar-refractivity contribution in [2.45, 2.75) is 158 Å². The van der Waals surface area contributed by atoms with Gasteiger partial charge in [-0.05, 0) is 76.0 Å². The predicted molar refractivity (Wildman–Crippen MR) is 185 cm³/mol. The van der Waals surface area contributed by atoms with E-state index in [1.165, 1.54) is 18.4 Å². The van der Waals surface area contributed by atoms with Gasteiger partial charge in [-0.3, -0.25) is 19.2 Å². The SMILES string of the molecule is C[C@@H](C1(NC(=O)N[C@H](C(=O)N2CCC[C@H]2C(=O)N[C@@H](CC2CC2)C(=O)C(=O)NC2CC2)C2(C)CCCCC2)CCCCC1)S(=O)(=O)N(C)C. The number of hydrogen-bond donors (Lipinski definition) is 4. The highest BCUT2D eigenvalue weighted by Crippen LogP contribution is 2.41.